The molecule has 0 saturated carbocycles. The summed E-state index contributed by atoms with van der Waals surface area (Å²) >= 11 is 0. The van der Waals surface area contributed by atoms with Crippen molar-refractivity contribution in [3.63, 3.8) is 0 Å². The standard InChI is InChI=1S/C18H19NO4/c1-12-6-4-9-16(13(12)2)23-11-17(20)19-15-8-5-7-14(10-15)18(21)22-3/h4-10H,11H2,1-3H3,(H,19,20). The van der Waals surface area contributed by atoms with Gasteiger partial charge in [-0.15, -0.1) is 0 Å². The van der Waals surface area contributed by atoms with Crippen LogP contribution in [0.2, 0.25) is 0 Å². The molecule has 120 valence electrons. The van der Waals surface area contributed by atoms with E-state index in [0.29, 0.717) is 17.0 Å². The van der Waals surface area contributed by atoms with Gasteiger partial charge in [-0.25, -0.2) is 4.79 Å². The van der Waals surface area contributed by atoms with E-state index in [1.54, 1.807) is 24.3 Å². The lowest BCUT2D eigenvalue weighted by atomic mass is 10.1. The fourth-order valence-electron chi connectivity index (χ4n) is 2.06. The smallest absolute Gasteiger partial charge is 0.337 e. The van der Waals surface area contributed by atoms with Crippen molar-refractivity contribution in [1.82, 2.24) is 0 Å². The first-order valence-corrected chi connectivity index (χ1v) is 7.18. The number of anilines is 1. The number of carbonyl (C=O) groups excluding carboxylic acids is 2. The molecule has 5 nitrogen and oxygen atoms in total. The van der Waals surface area contributed by atoms with Gasteiger partial charge in [0.1, 0.15) is 5.75 Å². The Morgan fingerprint density at radius 3 is 2.57 bits per heavy atom. The van der Waals surface area contributed by atoms with Crippen molar-refractivity contribution in [2.75, 3.05) is 19.0 Å². The molecule has 5 heteroatoms. The second kappa shape index (κ2) is 7.45. The maximum Gasteiger partial charge on any atom is 0.337 e. The molecule has 2 rings (SSSR count). The van der Waals surface area contributed by atoms with Gasteiger partial charge in [0, 0.05) is 5.69 Å². The minimum Gasteiger partial charge on any atom is -0.483 e. The number of rotatable bonds is 5. The molecule has 0 radical (unpaired) electrons. The van der Waals surface area contributed by atoms with E-state index < -0.39 is 5.97 Å². The molecule has 0 aromatic heterocycles. The number of hydrogen-bond acceptors (Lipinski definition) is 4. The maximum atomic E-state index is 12.0. The first kappa shape index (κ1) is 16.5. The molecule has 0 spiro atoms. The molecule has 2 aromatic carbocycles. The van der Waals surface area contributed by atoms with Crippen molar-refractivity contribution >= 4 is 17.6 Å². The van der Waals surface area contributed by atoms with E-state index >= 15 is 0 Å². The first-order chi connectivity index (χ1) is 11.0. The minimum atomic E-state index is -0.451. The van der Waals surface area contributed by atoms with Gasteiger partial charge in [0.05, 0.1) is 12.7 Å². The number of aryl methyl sites for hydroxylation is 1. The summed E-state index contributed by atoms with van der Waals surface area (Å²) in [5, 5.41) is 2.69. The summed E-state index contributed by atoms with van der Waals surface area (Å²) in [4.78, 5) is 23.5. The van der Waals surface area contributed by atoms with Crippen LogP contribution in [0.1, 0.15) is 21.5 Å². The summed E-state index contributed by atoms with van der Waals surface area (Å²) in [5.74, 6) is -0.0656. The van der Waals surface area contributed by atoms with Gasteiger partial charge in [-0.05, 0) is 49.2 Å². The maximum absolute atomic E-state index is 12.0. The topological polar surface area (TPSA) is 64.6 Å². The van der Waals surface area contributed by atoms with E-state index in [4.69, 9.17) is 4.74 Å². The van der Waals surface area contributed by atoms with Gasteiger partial charge in [0.25, 0.3) is 5.91 Å². The molecule has 0 aliphatic carbocycles. The number of methoxy groups -OCH3 is 1. The quantitative estimate of drug-likeness (QED) is 0.861. The van der Waals surface area contributed by atoms with E-state index in [1.807, 2.05) is 32.0 Å². The van der Waals surface area contributed by atoms with Crippen molar-refractivity contribution in [1.29, 1.82) is 0 Å². The van der Waals surface area contributed by atoms with Crippen molar-refractivity contribution < 1.29 is 19.1 Å². The van der Waals surface area contributed by atoms with Gasteiger partial charge < -0.3 is 14.8 Å². The Bertz CT molecular complexity index is 725. The fraction of sp³-hybridized carbons (Fsp3) is 0.222. The average molecular weight is 313 g/mol. The fourth-order valence-corrected chi connectivity index (χ4v) is 2.06. The number of benzene rings is 2. The van der Waals surface area contributed by atoms with Crippen LogP contribution in [-0.2, 0) is 9.53 Å². The second-order valence-corrected chi connectivity index (χ2v) is 5.11. The zero-order chi connectivity index (χ0) is 16.8. The molecule has 2 aromatic rings. The Labute approximate surface area is 135 Å². The molecule has 0 unspecified atom stereocenters. The van der Waals surface area contributed by atoms with Crippen molar-refractivity contribution in [3.05, 3.63) is 59.2 Å². The molecular formula is C18H19NO4. The van der Waals surface area contributed by atoms with Gasteiger partial charge in [-0.1, -0.05) is 18.2 Å². The molecule has 0 aliphatic rings. The van der Waals surface area contributed by atoms with E-state index in [0.717, 1.165) is 11.1 Å². The number of hydrogen-bond donors (Lipinski definition) is 1. The van der Waals surface area contributed by atoms with Crippen LogP contribution in [0.3, 0.4) is 0 Å². The third-order valence-electron chi connectivity index (χ3n) is 3.48. The molecule has 0 saturated heterocycles. The summed E-state index contributed by atoms with van der Waals surface area (Å²) < 4.78 is 10.2. The molecular weight excluding hydrogens is 294 g/mol. The van der Waals surface area contributed by atoms with Gasteiger partial charge in [-0.2, -0.15) is 0 Å². The highest BCUT2D eigenvalue weighted by molar-refractivity contribution is 5.95. The highest BCUT2D eigenvalue weighted by Crippen LogP contribution is 2.20. The van der Waals surface area contributed by atoms with Gasteiger partial charge in [-0.3, -0.25) is 4.79 Å². The number of amides is 1. The zero-order valence-electron chi connectivity index (χ0n) is 13.4. The Hall–Kier alpha value is -2.82. The largest absolute Gasteiger partial charge is 0.483 e. The third kappa shape index (κ3) is 4.32. The lowest BCUT2D eigenvalue weighted by molar-refractivity contribution is -0.118. The van der Waals surface area contributed by atoms with Crippen molar-refractivity contribution in [2.24, 2.45) is 0 Å². The highest BCUT2D eigenvalue weighted by atomic mass is 16.5. The summed E-state index contributed by atoms with van der Waals surface area (Å²) in [6, 6.07) is 12.2. The van der Waals surface area contributed by atoms with E-state index in [2.05, 4.69) is 10.1 Å². The lowest BCUT2D eigenvalue weighted by Gasteiger charge is -2.11. The van der Waals surface area contributed by atoms with Gasteiger partial charge >= 0.3 is 5.97 Å². The Balaban J connectivity index is 1.97. The third-order valence-corrected chi connectivity index (χ3v) is 3.48. The number of carbonyl (C=O) groups is 2. The van der Waals surface area contributed by atoms with Crippen LogP contribution < -0.4 is 10.1 Å². The second-order valence-electron chi connectivity index (χ2n) is 5.11. The first-order valence-electron chi connectivity index (χ1n) is 7.18. The average Bonchev–Trinajstić information content (AvgIpc) is 2.55. The van der Waals surface area contributed by atoms with Crippen LogP contribution in [0.25, 0.3) is 0 Å². The SMILES string of the molecule is COC(=O)c1cccc(NC(=O)COc2cccc(C)c2C)c1. The molecule has 0 fully saturated rings. The molecule has 23 heavy (non-hydrogen) atoms. The van der Waals surface area contributed by atoms with Crippen molar-refractivity contribution in [3.8, 4) is 5.75 Å². The van der Waals surface area contributed by atoms with E-state index in [-0.39, 0.29) is 12.5 Å². The molecule has 1 amide bonds. The summed E-state index contributed by atoms with van der Waals surface area (Å²) in [5.41, 5.74) is 3.00. The van der Waals surface area contributed by atoms with Crippen LogP contribution in [0.15, 0.2) is 42.5 Å². The number of esters is 1. The molecule has 0 bridgehead atoms. The van der Waals surface area contributed by atoms with Gasteiger partial charge in [0.2, 0.25) is 0 Å². The Kier molecular flexibility index (Phi) is 5.36. The van der Waals surface area contributed by atoms with Crippen molar-refractivity contribution in [2.45, 2.75) is 13.8 Å². The molecule has 1 N–H and O–H groups in total. The van der Waals surface area contributed by atoms with Crippen LogP contribution in [0.4, 0.5) is 5.69 Å². The highest BCUT2D eigenvalue weighted by Gasteiger charge is 2.09. The number of ether oxygens (including phenoxy) is 2. The predicted molar refractivity (Wildman–Crippen MR) is 87.8 cm³/mol. The van der Waals surface area contributed by atoms with Crippen LogP contribution in [0, 0.1) is 13.8 Å². The van der Waals surface area contributed by atoms with E-state index in [9.17, 15) is 9.59 Å². The predicted octanol–water partition coefficient (Wildman–Crippen LogP) is 3.11. The molecule has 0 aliphatic heterocycles. The van der Waals surface area contributed by atoms with Crippen LogP contribution >= 0.6 is 0 Å². The minimum absolute atomic E-state index is 0.104. The van der Waals surface area contributed by atoms with Crippen LogP contribution in [-0.4, -0.2) is 25.6 Å². The zero-order valence-corrected chi connectivity index (χ0v) is 13.4. The molecule has 0 atom stereocenters. The van der Waals surface area contributed by atoms with Crippen LogP contribution in [0.5, 0.6) is 5.75 Å². The lowest BCUT2D eigenvalue weighted by Crippen LogP contribution is -2.20. The summed E-state index contributed by atoms with van der Waals surface area (Å²) in [7, 11) is 1.31. The normalized spacial score (nSPS) is 10.0. The van der Waals surface area contributed by atoms with E-state index in [1.165, 1.54) is 7.11 Å². The summed E-state index contributed by atoms with van der Waals surface area (Å²) in [6.45, 7) is 3.83. The Morgan fingerprint density at radius 2 is 1.83 bits per heavy atom. The van der Waals surface area contributed by atoms with Gasteiger partial charge in [0.15, 0.2) is 6.61 Å². The summed E-state index contributed by atoms with van der Waals surface area (Å²) in [6.07, 6.45) is 0. The molecule has 0 heterocycles. The monoisotopic (exact) mass is 313 g/mol. The Morgan fingerprint density at radius 1 is 1.09 bits per heavy atom. The number of nitrogens with one attached hydrogen (secondary N) is 1.